The molecule has 0 spiro atoms. The fraction of sp³-hybridized carbons (Fsp3) is 0.316. The van der Waals surface area contributed by atoms with E-state index in [9.17, 15) is 18.0 Å². The average molecular weight is 374 g/mol. The molecular formula is C19H17F3N4O. The number of aromatic amines is 1. The molecule has 0 saturated carbocycles. The monoisotopic (exact) mass is 374 g/mol. The molecular weight excluding hydrogens is 357 g/mol. The van der Waals surface area contributed by atoms with Crippen LogP contribution < -0.4 is 0 Å². The second kappa shape index (κ2) is 6.68. The number of para-hydroxylation sites is 2. The third-order valence-electron chi connectivity index (χ3n) is 4.88. The van der Waals surface area contributed by atoms with Gasteiger partial charge in [0.2, 0.25) is 0 Å². The zero-order valence-electron chi connectivity index (χ0n) is 14.3. The summed E-state index contributed by atoms with van der Waals surface area (Å²) in [5.74, 6) is 0.853. The number of carbonyl (C=O) groups is 1. The number of H-pyrrole nitrogens is 1. The zero-order valence-corrected chi connectivity index (χ0v) is 14.3. The number of nitrogens with one attached hydrogen (secondary N) is 1. The van der Waals surface area contributed by atoms with E-state index in [-0.39, 0.29) is 17.4 Å². The molecule has 2 aromatic heterocycles. The van der Waals surface area contributed by atoms with Gasteiger partial charge in [-0.3, -0.25) is 9.78 Å². The Hall–Kier alpha value is -2.90. The van der Waals surface area contributed by atoms with Crippen LogP contribution in [0.1, 0.15) is 40.6 Å². The highest BCUT2D eigenvalue weighted by molar-refractivity contribution is 5.94. The van der Waals surface area contributed by atoms with E-state index in [0.717, 1.165) is 42.0 Å². The number of benzene rings is 1. The van der Waals surface area contributed by atoms with Gasteiger partial charge in [-0.25, -0.2) is 4.98 Å². The summed E-state index contributed by atoms with van der Waals surface area (Å²) in [6, 6.07) is 9.83. The predicted molar refractivity (Wildman–Crippen MR) is 93.2 cm³/mol. The molecule has 1 aliphatic heterocycles. The molecule has 1 N–H and O–H groups in total. The van der Waals surface area contributed by atoms with Crippen LogP contribution >= 0.6 is 0 Å². The van der Waals surface area contributed by atoms with Crippen molar-refractivity contribution < 1.29 is 18.0 Å². The molecule has 1 saturated heterocycles. The van der Waals surface area contributed by atoms with Crippen LogP contribution in [-0.4, -0.2) is 38.8 Å². The summed E-state index contributed by atoms with van der Waals surface area (Å²) in [4.78, 5) is 25.5. The van der Waals surface area contributed by atoms with Gasteiger partial charge in [-0.2, -0.15) is 13.2 Å². The Kier molecular flexibility index (Phi) is 4.33. The highest BCUT2D eigenvalue weighted by atomic mass is 19.4. The van der Waals surface area contributed by atoms with Gasteiger partial charge in [-0.15, -0.1) is 0 Å². The number of pyridine rings is 1. The minimum Gasteiger partial charge on any atom is -0.342 e. The molecule has 1 aromatic carbocycles. The maximum atomic E-state index is 12.6. The molecule has 1 aliphatic rings. The maximum absolute atomic E-state index is 12.6. The highest BCUT2D eigenvalue weighted by Crippen LogP contribution is 2.29. The van der Waals surface area contributed by atoms with Crippen molar-refractivity contribution in [1.82, 2.24) is 19.9 Å². The van der Waals surface area contributed by atoms with Crippen molar-refractivity contribution in [1.29, 1.82) is 0 Å². The van der Waals surface area contributed by atoms with E-state index in [4.69, 9.17) is 0 Å². The van der Waals surface area contributed by atoms with Crippen molar-refractivity contribution in [2.75, 3.05) is 13.1 Å². The highest BCUT2D eigenvalue weighted by Gasteiger charge is 2.33. The van der Waals surface area contributed by atoms with Gasteiger partial charge >= 0.3 is 6.18 Å². The van der Waals surface area contributed by atoms with Crippen LogP contribution in [0, 0.1) is 0 Å². The molecule has 140 valence electrons. The van der Waals surface area contributed by atoms with E-state index in [0.29, 0.717) is 13.1 Å². The number of piperidine rings is 1. The summed E-state index contributed by atoms with van der Waals surface area (Å²) in [7, 11) is 0. The Labute approximate surface area is 153 Å². The fourth-order valence-corrected chi connectivity index (χ4v) is 3.39. The third-order valence-corrected chi connectivity index (χ3v) is 4.88. The Morgan fingerprint density at radius 2 is 1.85 bits per heavy atom. The number of amides is 1. The molecule has 0 aliphatic carbocycles. The standard InChI is InChI=1S/C19H17F3N4O/c20-19(21,22)16-6-5-13(11-23-16)18(27)26-9-7-12(8-10-26)17-24-14-3-1-2-4-15(14)25-17/h1-6,11-12H,7-10H2,(H,24,25). The topological polar surface area (TPSA) is 61.9 Å². The van der Waals surface area contributed by atoms with E-state index < -0.39 is 11.9 Å². The van der Waals surface area contributed by atoms with Gasteiger partial charge in [0, 0.05) is 25.2 Å². The lowest BCUT2D eigenvalue weighted by molar-refractivity contribution is -0.141. The molecule has 0 bridgehead atoms. The Bertz CT molecular complexity index is 924. The lowest BCUT2D eigenvalue weighted by atomic mass is 9.95. The quantitative estimate of drug-likeness (QED) is 0.738. The minimum atomic E-state index is -4.51. The van der Waals surface area contributed by atoms with Crippen LogP contribution in [0.15, 0.2) is 42.6 Å². The minimum absolute atomic E-state index is 0.171. The maximum Gasteiger partial charge on any atom is 0.433 e. The normalized spacial score (nSPS) is 16.0. The molecule has 27 heavy (non-hydrogen) atoms. The van der Waals surface area contributed by atoms with Crippen LogP contribution in [0.4, 0.5) is 13.2 Å². The Morgan fingerprint density at radius 3 is 2.48 bits per heavy atom. The molecule has 5 nitrogen and oxygen atoms in total. The molecule has 8 heteroatoms. The molecule has 1 fully saturated rings. The SMILES string of the molecule is O=C(c1ccc(C(F)(F)F)nc1)N1CCC(c2nc3ccccc3[nH]2)CC1. The van der Waals surface area contributed by atoms with Crippen LogP contribution in [-0.2, 0) is 6.18 Å². The van der Waals surface area contributed by atoms with Gasteiger partial charge in [0.15, 0.2) is 0 Å². The van der Waals surface area contributed by atoms with E-state index in [1.54, 1.807) is 4.90 Å². The number of rotatable bonds is 2. The number of alkyl halides is 3. The lowest BCUT2D eigenvalue weighted by Gasteiger charge is -2.31. The summed E-state index contributed by atoms with van der Waals surface area (Å²) in [5, 5.41) is 0. The van der Waals surface area contributed by atoms with Crippen molar-refractivity contribution in [2.45, 2.75) is 24.9 Å². The number of nitrogens with zero attached hydrogens (tertiary/aromatic N) is 3. The van der Waals surface area contributed by atoms with Crippen LogP contribution in [0.5, 0.6) is 0 Å². The first-order chi connectivity index (χ1) is 12.9. The number of likely N-dealkylation sites (tertiary alicyclic amines) is 1. The average Bonchev–Trinajstić information content (AvgIpc) is 3.11. The van der Waals surface area contributed by atoms with Crippen LogP contribution in [0.3, 0.4) is 0 Å². The van der Waals surface area contributed by atoms with Crippen molar-refractivity contribution >= 4 is 16.9 Å². The fourth-order valence-electron chi connectivity index (χ4n) is 3.39. The number of imidazole rings is 1. The summed E-state index contributed by atoms with van der Waals surface area (Å²) in [6.07, 6.45) is -2.01. The molecule has 0 unspecified atom stereocenters. The van der Waals surface area contributed by atoms with E-state index in [2.05, 4.69) is 15.0 Å². The molecule has 3 aromatic rings. The third kappa shape index (κ3) is 3.51. The second-order valence-electron chi connectivity index (χ2n) is 6.64. The van der Waals surface area contributed by atoms with Crippen molar-refractivity contribution in [2.24, 2.45) is 0 Å². The predicted octanol–water partition coefficient (Wildman–Crippen LogP) is 4.00. The second-order valence-corrected chi connectivity index (χ2v) is 6.64. The summed E-state index contributed by atoms with van der Waals surface area (Å²) in [5.41, 5.74) is 1.08. The van der Waals surface area contributed by atoms with E-state index in [1.165, 1.54) is 6.07 Å². The number of halogens is 3. The van der Waals surface area contributed by atoms with Gasteiger partial charge in [-0.05, 0) is 37.1 Å². The van der Waals surface area contributed by atoms with E-state index >= 15 is 0 Å². The van der Waals surface area contributed by atoms with Gasteiger partial charge < -0.3 is 9.88 Å². The van der Waals surface area contributed by atoms with Crippen molar-refractivity contribution in [3.8, 4) is 0 Å². The summed E-state index contributed by atoms with van der Waals surface area (Å²) in [6.45, 7) is 1.06. The van der Waals surface area contributed by atoms with Gasteiger partial charge in [0.1, 0.15) is 11.5 Å². The van der Waals surface area contributed by atoms with Crippen molar-refractivity contribution in [3.63, 3.8) is 0 Å². The van der Waals surface area contributed by atoms with Crippen LogP contribution in [0.2, 0.25) is 0 Å². The van der Waals surface area contributed by atoms with Gasteiger partial charge in [0.25, 0.3) is 5.91 Å². The summed E-state index contributed by atoms with van der Waals surface area (Å²) < 4.78 is 37.8. The summed E-state index contributed by atoms with van der Waals surface area (Å²) >= 11 is 0. The Morgan fingerprint density at radius 1 is 1.11 bits per heavy atom. The van der Waals surface area contributed by atoms with E-state index in [1.807, 2.05) is 24.3 Å². The number of carbonyl (C=O) groups excluding carboxylic acids is 1. The first-order valence-corrected chi connectivity index (χ1v) is 8.69. The number of fused-ring (bicyclic) bond motifs is 1. The van der Waals surface area contributed by atoms with Crippen molar-refractivity contribution in [3.05, 3.63) is 59.7 Å². The largest absolute Gasteiger partial charge is 0.433 e. The van der Waals surface area contributed by atoms with Gasteiger partial charge in [-0.1, -0.05) is 12.1 Å². The number of aromatic nitrogens is 3. The molecule has 4 rings (SSSR count). The molecule has 3 heterocycles. The Balaban J connectivity index is 1.42. The molecule has 1 amide bonds. The molecule has 0 atom stereocenters. The smallest absolute Gasteiger partial charge is 0.342 e. The first kappa shape index (κ1) is 17.5. The molecule has 0 radical (unpaired) electrons. The lowest BCUT2D eigenvalue weighted by Crippen LogP contribution is -2.38. The van der Waals surface area contributed by atoms with Gasteiger partial charge in [0.05, 0.1) is 16.6 Å². The number of hydrogen-bond acceptors (Lipinski definition) is 3. The van der Waals surface area contributed by atoms with Crippen LogP contribution in [0.25, 0.3) is 11.0 Å². The first-order valence-electron chi connectivity index (χ1n) is 8.69. The zero-order chi connectivity index (χ0) is 19.0. The number of hydrogen-bond donors (Lipinski definition) is 1.